The first-order valence-corrected chi connectivity index (χ1v) is 9.32. The van der Waals surface area contributed by atoms with Gasteiger partial charge in [0.15, 0.2) is 11.5 Å². The number of phenolic OH excluding ortho intramolecular Hbond substituents is 1. The summed E-state index contributed by atoms with van der Waals surface area (Å²) in [5.41, 5.74) is 14.2. The van der Waals surface area contributed by atoms with Gasteiger partial charge in [-0.05, 0) is 47.5 Å². The fourth-order valence-corrected chi connectivity index (χ4v) is 3.32. The van der Waals surface area contributed by atoms with Gasteiger partial charge in [-0.1, -0.05) is 36.4 Å². The number of nitrogens with two attached hydrogens (primary N) is 2. The molecule has 3 aromatic carbocycles. The van der Waals surface area contributed by atoms with E-state index in [0.29, 0.717) is 23.4 Å². The number of methoxy groups -OCH3 is 1. The number of ether oxygens (including phenoxy) is 1. The highest BCUT2D eigenvalue weighted by atomic mass is 16.5. The summed E-state index contributed by atoms with van der Waals surface area (Å²) in [7, 11) is 1.46. The molecule has 1 atom stereocenters. The highest BCUT2D eigenvalue weighted by molar-refractivity contribution is 5.95. The molecule has 154 valence electrons. The van der Waals surface area contributed by atoms with Crippen molar-refractivity contribution in [3.05, 3.63) is 89.5 Å². The normalized spacial score (nSPS) is 11.5. The number of carbonyl (C=O) groups excluding carboxylic acids is 1. The third-order valence-corrected chi connectivity index (χ3v) is 4.81. The van der Waals surface area contributed by atoms with Gasteiger partial charge < -0.3 is 26.2 Å². The summed E-state index contributed by atoms with van der Waals surface area (Å²) in [6.45, 7) is 0.403. The molecule has 0 bridgehead atoms. The van der Waals surface area contributed by atoms with Crippen molar-refractivity contribution in [1.29, 1.82) is 5.41 Å². The van der Waals surface area contributed by atoms with Gasteiger partial charge in [0, 0.05) is 17.8 Å². The summed E-state index contributed by atoms with van der Waals surface area (Å²) in [6, 6.07) is 20.6. The molecule has 0 saturated heterocycles. The summed E-state index contributed by atoms with van der Waals surface area (Å²) in [5.74, 6) is -0.371. The summed E-state index contributed by atoms with van der Waals surface area (Å²) >= 11 is 0. The molecule has 0 aliphatic carbocycles. The van der Waals surface area contributed by atoms with Gasteiger partial charge in [0.1, 0.15) is 11.9 Å². The quantitative estimate of drug-likeness (QED) is 0.339. The lowest BCUT2D eigenvalue weighted by atomic mass is 10.0. The lowest BCUT2D eigenvalue weighted by Gasteiger charge is -2.32. The SMILES string of the molecule is COc1ccc(C(C(N)=O)N(Cc2ccccc2)c2ccc(C(=N)N)cc2)cc1O. The minimum absolute atomic E-state index is 0.0392. The van der Waals surface area contributed by atoms with Crippen LogP contribution in [0, 0.1) is 5.41 Å². The number of nitrogens with one attached hydrogen (secondary N) is 1. The van der Waals surface area contributed by atoms with Crippen LogP contribution in [-0.4, -0.2) is 24.0 Å². The molecule has 1 unspecified atom stereocenters. The highest BCUT2D eigenvalue weighted by Crippen LogP contribution is 2.34. The van der Waals surface area contributed by atoms with E-state index in [0.717, 1.165) is 11.3 Å². The van der Waals surface area contributed by atoms with E-state index in [-0.39, 0.29) is 11.6 Å². The van der Waals surface area contributed by atoms with Crippen LogP contribution in [0.4, 0.5) is 5.69 Å². The third-order valence-electron chi connectivity index (χ3n) is 4.81. The van der Waals surface area contributed by atoms with Crippen molar-refractivity contribution in [1.82, 2.24) is 0 Å². The van der Waals surface area contributed by atoms with Crippen molar-refractivity contribution in [3.63, 3.8) is 0 Å². The summed E-state index contributed by atoms with van der Waals surface area (Å²) in [5, 5.41) is 17.8. The molecule has 1 amide bonds. The molecule has 0 saturated carbocycles. The second-order valence-electron chi connectivity index (χ2n) is 6.81. The Kier molecular flexibility index (Phi) is 6.22. The number of amides is 1. The average Bonchev–Trinajstić information content (AvgIpc) is 2.74. The molecule has 0 aliphatic heterocycles. The zero-order chi connectivity index (χ0) is 21.7. The van der Waals surface area contributed by atoms with Crippen LogP contribution in [0.5, 0.6) is 11.5 Å². The predicted octanol–water partition coefficient (Wildman–Crippen LogP) is 2.92. The van der Waals surface area contributed by atoms with Gasteiger partial charge in [0.05, 0.1) is 7.11 Å². The Labute approximate surface area is 175 Å². The average molecular weight is 404 g/mol. The van der Waals surface area contributed by atoms with Crippen molar-refractivity contribution >= 4 is 17.4 Å². The Morgan fingerprint density at radius 2 is 1.73 bits per heavy atom. The van der Waals surface area contributed by atoms with Crippen LogP contribution in [0.2, 0.25) is 0 Å². The van der Waals surface area contributed by atoms with Crippen LogP contribution in [0.3, 0.4) is 0 Å². The van der Waals surface area contributed by atoms with Crippen LogP contribution >= 0.6 is 0 Å². The molecular formula is C23H24N4O3. The molecule has 0 heterocycles. The van der Waals surface area contributed by atoms with Gasteiger partial charge in [0.2, 0.25) is 5.91 Å². The fourth-order valence-electron chi connectivity index (χ4n) is 3.32. The fraction of sp³-hybridized carbons (Fsp3) is 0.130. The van der Waals surface area contributed by atoms with E-state index >= 15 is 0 Å². The predicted molar refractivity (Wildman–Crippen MR) is 117 cm³/mol. The lowest BCUT2D eigenvalue weighted by Crippen LogP contribution is -2.37. The van der Waals surface area contributed by atoms with Crippen LogP contribution < -0.4 is 21.1 Å². The molecule has 7 nitrogen and oxygen atoms in total. The van der Waals surface area contributed by atoms with Crippen LogP contribution in [0.15, 0.2) is 72.8 Å². The molecule has 0 fully saturated rings. The first-order chi connectivity index (χ1) is 14.4. The largest absolute Gasteiger partial charge is 0.504 e. The number of rotatable bonds is 8. The zero-order valence-corrected chi connectivity index (χ0v) is 16.6. The van der Waals surface area contributed by atoms with Crippen molar-refractivity contribution in [2.75, 3.05) is 12.0 Å². The monoisotopic (exact) mass is 404 g/mol. The number of benzene rings is 3. The molecule has 30 heavy (non-hydrogen) atoms. The minimum atomic E-state index is -0.842. The Bertz CT molecular complexity index is 1040. The van der Waals surface area contributed by atoms with Crippen LogP contribution in [0.25, 0.3) is 0 Å². The maximum absolute atomic E-state index is 12.6. The van der Waals surface area contributed by atoms with E-state index in [1.165, 1.54) is 13.2 Å². The van der Waals surface area contributed by atoms with Gasteiger partial charge in [-0.25, -0.2) is 0 Å². The number of amidine groups is 1. The topological polar surface area (TPSA) is 126 Å². The van der Waals surface area contributed by atoms with E-state index in [2.05, 4.69) is 0 Å². The van der Waals surface area contributed by atoms with Gasteiger partial charge in [0.25, 0.3) is 0 Å². The zero-order valence-electron chi connectivity index (χ0n) is 16.6. The molecular weight excluding hydrogens is 380 g/mol. The minimum Gasteiger partial charge on any atom is -0.504 e. The van der Waals surface area contributed by atoms with E-state index < -0.39 is 11.9 Å². The van der Waals surface area contributed by atoms with E-state index in [4.69, 9.17) is 21.6 Å². The first-order valence-electron chi connectivity index (χ1n) is 9.32. The third kappa shape index (κ3) is 4.52. The first kappa shape index (κ1) is 20.7. The number of phenols is 1. The summed E-state index contributed by atoms with van der Waals surface area (Å²) in [6.07, 6.45) is 0. The second-order valence-corrected chi connectivity index (χ2v) is 6.81. The Morgan fingerprint density at radius 1 is 1.07 bits per heavy atom. The van der Waals surface area contributed by atoms with Crippen molar-refractivity contribution in [2.45, 2.75) is 12.6 Å². The molecule has 6 N–H and O–H groups in total. The molecule has 0 radical (unpaired) electrons. The number of hydrogen-bond acceptors (Lipinski definition) is 5. The van der Waals surface area contributed by atoms with Gasteiger partial charge in [-0.2, -0.15) is 0 Å². The number of anilines is 1. The summed E-state index contributed by atoms with van der Waals surface area (Å²) < 4.78 is 5.10. The van der Waals surface area contributed by atoms with Crippen molar-refractivity contribution in [2.24, 2.45) is 11.5 Å². The molecule has 3 aromatic rings. The molecule has 7 heteroatoms. The van der Waals surface area contributed by atoms with Gasteiger partial charge in [-0.15, -0.1) is 0 Å². The van der Waals surface area contributed by atoms with Crippen molar-refractivity contribution in [3.8, 4) is 11.5 Å². The van der Waals surface area contributed by atoms with E-state index in [1.54, 1.807) is 36.4 Å². The molecule has 0 spiro atoms. The smallest absolute Gasteiger partial charge is 0.244 e. The van der Waals surface area contributed by atoms with E-state index in [1.807, 2.05) is 35.2 Å². The van der Waals surface area contributed by atoms with Crippen molar-refractivity contribution < 1.29 is 14.6 Å². The highest BCUT2D eigenvalue weighted by Gasteiger charge is 2.27. The standard InChI is InChI=1S/C23H24N4O3/c1-30-20-12-9-17(13-19(20)28)21(23(26)29)27(14-15-5-3-2-4-6-15)18-10-7-16(8-11-18)22(24)25/h2-13,21,28H,14H2,1H3,(H3,24,25)(H2,26,29). The van der Waals surface area contributed by atoms with Crippen LogP contribution in [-0.2, 0) is 11.3 Å². The Balaban J connectivity index is 2.08. The lowest BCUT2D eigenvalue weighted by molar-refractivity contribution is -0.119. The molecule has 3 rings (SSSR count). The van der Waals surface area contributed by atoms with Crippen LogP contribution in [0.1, 0.15) is 22.7 Å². The van der Waals surface area contributed by atoms with E-state index in [9.17, 15) is 9.90 Å². The second kappa shape index (κ2) is 9.00. The summed E-state index contributed by atoms with van der Waals surface area (Å²) in [4.78, 5) is 14.4. The number of nitrogens with zero attached hydrogens (tertiary/aromatic N) is 1. The Morgan fingerprint density at radius 3 is 2.27 bits per heavy atom. The Hall–Kier alpha value is -4.00. The maximum Gasteiger partial charge on any atom is 0.244 e. The molecule has 0 aromatic heterocycles. The van der Waals surface area contributed by atoms with Gasteiger partial charge in [-0.3, -0.25) is 10.2 Å². The maximum atomic E-state index is 12.6. The number of nitrogen functional groups attached to an aromatic ring is 1. The number of aromatic hydroxyl groups is 1. The number of carbonyl (C=O) groups is 1. The number of primary amides is 1. The number of hydrogen-bond donors (Lipinski definition) is 4. The molecule has 0 aliphatic rings. The van der Waals surface area contributed by atoms with Gasteiger partial charge >= 0.3 is 0 Å².